The lowest BCUT2D eigenvalue weighted by molar-refractivity contribution is -0.122. The molecule has 1 unspecified atom stereocenters. The van der Waals surface area contributed by atoms with Crippen LogP contribution in [0.3, 0.4) is 0 Å². The topological polar surface area (TPSA) is 41.1 Å². The fourth-order valence-electron chi connectivity index (χ4n) is 2.68. The van der Waals surface area contributed by atoms with Gasteiger partial charge in [-0.25, -0.2) is 0 Å². The molecule has 2 rings (SSSR count). The lowest BCUT2D eigenvalue weighted by Crippen LogP contribution is -2.37. The minimum absolute atomic E-state index is 0. The molecule has 1 heterocycles. The van der Waals surface area contributed by atoms with Crippen molar-refractivity contribution in [3.8, 4) is 0 Å². The predicted octanol–water partition coefficient (Wildman–Crippen LogP) is 1.86. The van der Waals surface area contributed by atoms with E-state index in [2.05, 4.69) is 10.6 Å². The molecule has 0 aromatic rings. The second-order valence-corrected chi connectivity index (χ2v) is 4.97. The third-order valence-corrected chi connectivity index (χ3v) is 3.61. The first-order valence-corrected chi connectivity index (χ1v) is 6.34. The maximum absolute atomic E-state index is 11.7. The van der Waals surface area contributed by atoms with E-state index in [9.17, 15) is 4.79 Å². The SMILES string of the molecule is Cl.O=C(CC1CCNC1)NC1CCCCC1. The van der Waals surface area contributed by atoms with Crippen molar-refractivity contribution in [2.45, 2.75) is 51.0 Å². The Kier molecular flexibility index (Phi) is 6.14. The van der Waals surface area contributed by atoms with Gasteiger partial charge in [-0.05, 0) is 38.3 Å². The number of hydrogen-bond acceptors (Lipinski definition) is 2. The van der Waals surface area contributed by atoms with Crippen molar-refractivity contribution in [3.63, 3.8) is 0 Å². The molecule has 0 aromatic heterocycles. The number of halogens is 1. The van der Waals surface area contributed by atoms with Crippen LogP contribution in [-0.4, -0.2) is 25.0 Å². The molecule has 0 spiro atoms. The van der Waals surface area contributed by atoms with Crippen molar-refractivity contribution in [2.75, 3.05) is 13.1 Å². The average molecular weight is 247 g/mol. The molecular weight excluding hydrogens is 224 g/mol. The van der Waals surface area contributed by atoms with E-state index in [4.69, 9.17) is 0 Å². The van der Waals surface area contributed by atoms with Gasteiger partial charge in [-0.3, -0.25) is 4.79 Å². The Morgan fingerprint density at radius 1 is 1.19 bits per heavy atom. The van der Waals surface area contributed by atoms with Gasteiger partial charge in [0.1, 0.15) is 0 Å². The monoisotopic (exact) mass is 246 g/mol. The Morgan fingerprint density at radius 2 is 1.94 bits per heavy atom. The van der Waals surface area contributed by atoms with Crippen molar-refractivity contribution < 1.29 is 4.79 Å². The molecule has 1 amide bonds. The summed E-state index contributed by atoms with van der Waals surface area (Å²) in [7, 11) is 0. The molecule has 0 bridgehead atoms. The fraction of sp³-hybridized carbons (Fsp3) is 0.917. The molecule has 1 atom stereocenters. The van der Waals surface area contributed by atoms with Crippen molar-refractivity contribution >= 4 is 18.3 Å². The third-order valence-electron chi connectivity index (χ3n) is 3.61. The van der Waals surface area contributed by atoms with Gasteiger partial charge < -0.3 is 10.6 Å². The molecule has 2 fully saturated rings. The zero-order valence-electron chi connectivity index (χ0n) is 9.84. The van der Waals surface area contributed by atoms with E-state index in [0.717, 1.165) is 25.9 Å². The van der Waals surface area contributed by atoms with Crippen LogP contribution >= 0.6 is 12.4 Å². The molecule has 0 aromatic carbocycles. The van der Waals surface area contributed by atoms with Crippen LogP contribution in [0.2, 0.25) is 0 Å². The van der Waals surface area contributed by atoms with Crippen LogP contribution in [0.25, 0.3) is 0 Å². The highest BCUT2D eigenvalue weighted by molar-refractivity contribution is 5.85. The Hall–Kier alpha value is -0.280. The summed E-state index contributed by atoms with van der Waals surface area (Å²) in [5.41, 5.74) is 0. The summed E-state index contributed by atoms with van der Waals surface area (Å²) in [5, 5.41) is 6.48. The molecule has 2 aliphatic rings. The van der Waals surface area contributed by atoms with Gasteiger partial charge in [-0.2, -0.15) is 0 Å². The zero-order chi connectivity index (χ0) is 10.5. The van der Waals surface area contributed by atoms with E-state index in [1.54, 1.807) is 0 Å². The quantitative estimate of drug-likeness (QED) is 0.798. The summed E-state index contributed by atoms with van der Waals surface area (Å²) in [5.74, 6) is 0.851. The smallest absolute Gasteiger partial charge is 0.220 e. The van der Waals surface area contributed by atoms with Crippen LogP contribution < -0.4 is 10.6 Å². The van der Waals surface area contributed by atoms with Crippen LogP contribution in [0, 0.1) is 5.92 Å². The Labute approximate surface area is 104 Å². The van der Waals surface area contributed by atoms with Gasteiger partial charge in [0.2, 0.25) is 5.91 Å². The van der Waals surface area contributed by atoms with Crippen molar-refractivity contribution in [1.29, 1.82) is 0 Å². The second-order valence-electron chi connectivity index (χ2n) is 4.97. The molecule has 2 N–H and O–H groups in total. The first-order chi connectivity index (χ1) is 7.34. The van der Waals surface area contributed by atoms with Crippen molar-refractivity contribution in [1.82, 2.24) is 10.6 Å². The van der Waals surface area contributed by atoms with Gasteiger partial charge in [-0.15, -0.1) is 12.4 Å². The van der Waals surface area contributed by atoms with E-state index in [-0.39, 0.29) is 18.3 Å². The summed E-state index contributed by atoms with van der Waals surface area (Å²) >= 11 is 0. The predicted molar refractivity (Wildman–Crippen MR) is 67.9 cm³/mol. The number of rotatable bonds is 3. The number of hydrogen-bond donors (Lipinski definition) is 2. The number of amides is 1. The van der Waals surface area contributed by atoms with Gasteiger partial charge in [-0.1, -0.05) is 19.3 Å². The van der Waals surface area contributed by atoms with Crippen molar-refractivity contribution in [3.05, 3.63) is 0 Å². The summed E-state index contributed by atoms with van der Waals surface area (Å²) in [6.07, 6.45) is 8.19. The van der Waals surface area contributed by atoms with Crippen LogP contribution in [0.4, 0.5) is 0 Å². The van der Waals surface area contributed by atoms with E-state index in [1.807, 2.05) is 0 Å². The minimum Gasteiger partial charge on any atom is -0.353 e. The average Bonchev–Trinajstić information content (AvgIpc) is 2.71. The lowest BCUT2D eigenvalue weighted by atomic mass is 9.95. The molecule has 1 saturated carbocycles. The Bertz CT molecular complexity index is 211. The maximum Gasteiger partial charge on any atom is 0.220 e. The fourth-order valence-corrected chi connectivity index (χ4v) is 2.68. The van der Waals surface area contributed by atoms with Gasteiger partial charge >= 0.3 is 0 Å². The largest absolute Gasteiger partial charge is 0.353 e. The van der Waals surface area contributed by atoms with Gasteiger partial charge in [0.15, 0.2) is 0 Å². The number of carbonyl (C=O) groups excluding carboxylic acids is 1. The van der Waals surface area contributed by atoms with Crippen LogP contribution in [-0.2, 0) is 4.79 Å². The maximum atomic E-state index is 11.7. The highest BCUT2D eigenvalue weighted by atomic mass is 35.5. The molecule has 4 heteroatoms. The molecule has 1 saturated heterocycles. The van der Waals surface area contributed by atoms with E-state index >= 15 is 0 Å². The van der Waals surface area contributed by atoms with Crippen LogP contribution in [0.1, 0.15) is 44.9 Å². The molecule has 16 heavy (non-hydrogen) atoms. The van der Waals surface area contributed by atoms with Crippen LogP contribution in [0.15, 0.2) is 0 Å². The minimum atomic E-state index is 0. The number of nitrogens with one attached hydrogen (secondary N) is 2. The summed E-state index contributed by atoms with van der Waals surface area (Å²) < 4.78 is 0. The molecule has 3 nitrogen and oxygen atoms in total. The Morgan fingerprint density at radius 3 is 2.56 bits per heavy atom. The first-order valence-electron chi connectivity index (χ1n) is 6.34. The van der Waals surface area contributed by atoms with Gasteiger partial charge in [0, 0.05) is 12.5 Å². The highest BCUT2D eigenvalue weighted by Gasteiger charge is 2.20. The van der Waals surface area contributed by atoms with Gasteiger partial charge in [0.25, 0.3) is 0 Å². The summed E-state index contributed by atoms with van der Waals surface area (Å²) in [6.45, 7) is 2.11. The van der Waals surface area contributed by atoms with Crippen LogP contribution in [0.5, 0.6) is 0 Å². The molecular formula is C12H23ClN2O. The van der Waals surface area contributed by atoms with E-state index < -0.39 is 0 Å². The third kappa shape index (κ3) is 4.30. The second kappa shape index (κ2) is 7.13. The standard InChI is InChI=1S/C12H22N2O.ClH/c15-12(8-10-6-7-13-9-10)14-11-4-2-1-3-5-11;/h10-11,13H,1-9H2,(H,14,15);1H. The molecule has 1 aliphatic carbocycles. The molecule has 94 valence electrons. The highest BCUT2D eigenvalue weighted by Crippen LogP contribution is 2.18. The molecule has 0 radical (unpaired) electrons. The molecule has 1 aliphatic heterocycles. The van der Waals surface area contributed by atoms with Crippen molar-refractivity contribution in [2.24, 2.45) is 5.92 Å². The zero-order valence-corrected chi connectivity index (χ0v) is 10.7. The lowest BCUT2D eigenvalue weighted by Gasteiger charge is -2.23. The summed E-state index contributed by atoms with van der Waals surface area (Å²) in [6, 6.07) is 0.473. The van der Waals surface area contributed by atoms with Gasteiger partial charge in [0.05, 0.1) is 0 Å². The number of carbonyl (C=O) groups is 1. The first kappa shape index (κ1) is 13.8. The summed E-state index contributed by atoms with van der Waals surface area (Å²) in [4.78, 5) is 11.7. The van der Waals surface area contributed by atoms with E-state index in [1.165, 1.54) is 32.1 Å². The Balaban J connectivity index is 0.00000128. The normalized spacial score (nSPS) is 26.1. The van der Waals surface area contributed by atoms with E-state index in [0.29, 0.717) is 12.0 Å².